The van der Waals surface area contributed by atoms with Gasteiger partial charge in [0.2, 0.25) is 0 Å². The van der Waals surface area contributed by atoms with Gasteiger partial charge in [-0.05, 0) is 32.4 Å². The molecule has 1 fully saturated rings. The third kappa shape index (κ3) is 2.45. The highest BCUT2D eigenvalue weighted by atomic mass is 16.5. The van der Waals surface area contributed by atoms with Gasteiger partial charge in [-0.2, -0.15) is 0 Å². The van der Waals surface area contributed by atoms with E-state index in [-0.39, 0.29) is 0 Å². The van der Waals surface area contributed by atoms with Crippen LogP contribution < -0.4 is 10.5 Å². The van der Waals surface area contributed by atoms with Crippen molar-refractivity contribution >= 4 is 0 Å². The van der Waals surface area contributed by atoms with Crippen LogP contribution in [0.3, 0.4) is 0 Å². The summed E-state index contributed by atoms with van der Waals surface area (Å²) in [6, 6.07) is 9.16. The van der Waals surface area contributed by atoms with Gasteiger partial charge in [-0.25, -0.2) is 0 Å². The van der Waals surface area contributed by atoms with Crippen LogP contribution in [0.5, 0.6) is 5.75 Å². The number of hydrogen-bond acceptors (Lipinski definition) is 3. The molecule has 1 heterocycles. The van der Waals surface area contributed by atoms with Crippen LogP contribution in [0.1, 0.15) is 31.4 Å². The van der Waals surface area contributed by atoms with Crippen molar-refractivity contribution in [1.29, 1.82) is 0 Å². The van der Waals surface area contributed by atoms with E-state index in [1.165, 1.54) is 18.4 Å². The molecule has 0 radical (unpaired) electrons. The first kappa shape index (κ1) is 12.4. The van der Waals surface area contributed by atoms with Gasteiger partial charge in [0.15, 0.2) is 0 Å². The Labute approximate surface area is 104 Å². The van der Waals surface area contributed by atoms with Crippen molar-refractivity contribution in [2.45, 2.75) is 31.8 Å². The fourth-order valence-electron chi connectivity index (χ4n) is 2.81. The lowest BCUT2D eigenvalue weighted by Crippen LogP contribution is -2.37. The molecular weight excluding hydrogens is 212 g/mol. The summed E-state index contributed by atoms with van der Waals surface area (Å²) < 4.78 is 5.44. The van der Waals surface area contributed by atoms with E-state index in [9.17, 15) is 0 Å². The summed E-state index contributed by atoms with van der Waals surface area (Å²) in [5.41, 5.74) is 7.10. The molecule has 0 amide bonds. The van der Waals surface area contributed by atoms with E-state index >= 15 is 0 Å². The van der Waals surface area contributed by atoms with Crippen LogP contribution in [0.25, 0.3) is 0 Å². The highest BCUT2D eigenvalue weighted by Crippen LogP contribution is 2.33. The molecule has 3 nitrogen and oxygen atoms in total. The second kappa shape index (κ2) is 5.52. The molecule has 1 saturated heterocycles. The van der Waals surface area contributed by atoms with Crippen LogP contribution in [0.15, 0.2) is 24.3 Å². The van der Waals surface area contributed by atoms with Crippen LogP contribution in [-0.2, 0) is 0 Å². The number of nitrogens with two attached hydrogens (primary N) is 1. The molecule has 0 spiro atoms. The van der Waals surface area contributed by atoms with Gasteiger partial charge in [0.25, 0.3) is 0 Å². The van der Waals surface area contributed by atoms with Crippen LogP contribution >= 0.6 is 0 Å². The molecule has 3 heteroatoms. The van der Waals surface area contributed by atoms with Crippen LogP contribution in [0.2, 0.25) is 0 Å². The Balaban J connectivity index is 2.21. The van der Waals surface area contributed by atoms with Gasteiger partial charge in [0.05, 0.1) is 7.11 Å². The first-order valence-corrected chi connectivity index (χ1v) is 6.36. The van der Waals surface area contributed by atoms with Crippen molar-refractivity contribution < 1.29 is 4.74 Å². The molecule has 2 unspecified atom stereocenters. The quantitative estimate of drug-likeness (QED) is 0.868. The number of methoxy groups -OCH3 is 1. The number of ether oxygens (including phenoxy) is 1. The van der Waals surface area contributed by atoms with E-state index in [4.69, 9.17) is 10.5 Å². The Morgan fingerprint density at radius 2 is 2.24 bits per heavy atom. The van der Waals surface area contributed by atoms with E-state index in [0.717, 1.165) is 18.8 Å². The predicted octanol–water partition coefficient (Wildman–Crippen LogP) is 2.18. The number of hydrogen-bond donors (Lipinski definition) is 1. The monoisotopic (exact) mass is 234 g/mol. The zero-order valence-electron chi connectivity index (χ0n) is 10.7. The molecule has 1 aliphatic rings. The second-order valence-corrected chi connectivity index (χ2v) is 4.69. The number of benzene rings is 1. The van der Waals surface area contributed by atoms with Crippen LogP contribution in [0.4, 0.5) is 0 Å². The molecule has 1 aliphatic heterocycles. The average molecular weight is 234 g/mol. The van der Waals surface area contributed by atoms with Gasteiger partial charge in [-0.1, -0.05) is 18.2 Å². The molecule has 17 heavy (non-hydrogen) atoms. The van der Waals surface area contributed by atoms with Crippen molar-refractivity contribution in [1.82, 2.24) is 4.90 Å². The van der Waals surface area contributed by atoms with Gasteiger partial charge in [-0.15, -0.1) is 0 Å². The van der Waals surface area contributed by atoms with E-state index in [1.807, 2.05) is 12.1 Å². The fourth-order valence-corrected chi connectivity index (χ4v) is 2.81. The Kier molecular flexibility index (Phi) is 4.02. The number of para-hydroxylation sites is 1. The molecule has 1 aromatic rings. The molecule has 0 saturated carbocycles. The lowest BCUT2D eigenvalue weighted by atomic mass is 10.0. The highest BCUT2D eigenvalue weighted by Gasteiger charge is 2.29. The SMILES string of the molecule is COc1ccccc1C(C)N1CCCC1CN. The lowest BCUT2D eigenvalue weighted by Gasteiger charge is -2.31. The van der Waals surface area contributed by atoms with Crippen molar-refractivity contribution in [2.24, 2.45) is 5.73 Å². The van der Waals surface area contributed by atoms with Gasteiger partial charge in [0, 0.05) is 24.2 Å². The fraction of sp³-hybridized carbons (Fsp3) is 0.571. The maximum Gasteiger partial charge on any atom is 0.123 e. The predicted molar refractivity (Wildman–Crippen MR) is 70.2 cm³/mol. The smallest absolute Gasteiger partial charge is 0.123 e. The molecule has 2 atom stereocenters. The minimum Gasteiger partial charge on any atom is -0.496 e. The van der Waals surface area contributed by atoms with E-state index in [1.54, 1.807) is 7.11 Å². The lowest BCUT2D eigenvalue weighted by molar-refractivity contribution is 0.193. The van der Waals surface area contributed by atoms with E-state index < -0.39 is 0 Å². The Morgan fingerprint density at radius 1 is 1.47 bits per heavy atom. The number of likely N-dealkylation sites (tertiary alicyclic amines) is 1. The van der Waals surface area contributed by atoms with Crippen molar-refractivity contribution in [3.63, 3.8) is 0 Å². The van der Waals surface area contributed by atoms with E-state index in [2.05, 4.69) is 24.0 Å². The standard InChI is InChI=1S/C14H22N2O/c1-11(16-9-5-6-12(16)10-15)13-7-3-4-8-14(13)17-2/h3-4,7-8,11-12H,5-6,9-10,15H2,1-2H3. The summed E-state index contributed by atoms with van der Waals surface area (Å²) in [6.45, 7) is 4.13. The van der Waals surface area contributed by atoms with Crippen LogP contribution in [-0.4, -0.2) is 31.1 Å². The Hall–Kier alpha value is -1.06. The molecule has 0 aliphatic carbocycles. The van der Waals surface area contributed by atoms with Gasteiger partial charge >= 0.3 is 0 Å². The number of rotatable bonds is 4. The topological polar surface area (TPSA) is 38.5 Å². The van der Waals surface area contributed by atoms with Crippen molar-refractivity contribution in [2.75, 3.05) is 20.2 Å². The first-order valence-electron chi connectivity index (χ1n) is 6.36. The van der Waals surface area contributed by atoms with Crippen molar-refractivity contribution in [3.8, 4) is 5.75 Å². The summed E-state index contributed by atoms with van der Waals surface area (Å²) in [4.78, 5) is 2.50. The normalized spacial score (nSPS) is 22.6. The Bertz CT molecular complexity index is 367. The summed E-state index contributed by atoms with van der Waals surface area (Å²) in [6.07, 6.45) is 2.47. The molecule has 2 N–H and O–H groups in total. The van der Waals surface area contributed by atoms with Crippen LogP contribution in [0, 0.1) is 0 Å². The van der Waals surface area contributed by atoms with Gasteiger partial charge < -0.3 is 10.5 Å². The maximum absolute atomic E-state index is 5.84. The summed E-state index contributed by atoms with van der Waals surface area (Å²) in [5.74, 6) is 0.975. The minimum atomic E-state index is 0.377. The van der Waals surface area contributed by atoms with Crippen molar-refractivity contribution in [3.05, 3.63) is 29.8 Å². The molecule has 2 rings (SSSR count). The zero-order chi connectivity index (χ0) is 12.3. The summed E-state index contributed by atoms with van der Waals surface area (Å²) in [5, 5.41) is 0. The second-order valence-electron chi connectivity index (χ2n) is 4.69. The zero-order valence-corrected chi connectivity index (χ0v) is 10.7. The van der Waals surface area contributed by atoms with E-state index in [0.29, 0.717) is 12.1 Å². The summed E-state index contributed by atoms with van der Waals surface area (Å²) in [7, 11) is 1.73. The molecular formula is C14H22N2O. The number of nitrogens with zero attached hydrogens (tertiary/aromatic N) is 1. The molecule has 1 aromatic carbocycles. The largest absolute Gasteiger partial charge is 0.496 e. The first-order chi connectivity index (χ1) is 8.27. The highest BCUT2D eigenvalue weighted by molar-refractivity contribution is 5.35. The third-order valence-corrected chi connectivity index (χ3v) is 3.78. The maximum atomic E-state index is 5.84. The van der Waals surface area contributed by atoms with Gasteiger partial charge in [-0.3, -0.25) is 4.90 Å². The average Bonchev–Trinajstić information content (AvgIpc) is 2.86. The van der Waals surface area contributed by atoms with Gasteiger partial charge in [0.1, 0.15) is 5.75 Å². The molecule has 0 bridgehead atoms. The minimum absolute atomic E-state index is 0.377. The Morgan fingerprint density at radius 3 is 2.94 bits per heavy atom. The summed E-state index contributed by atoms with van der Waals surface area (Å²) >= 11 is 0. The third-order valence-electron chi connectivity index (χ3n) is 3.78. The molecule has 94 valence electrons. The molecule has 0 aromatic heterocycles.